The number of amides is 1. The van der Waals surface area contributed by atoms with Crippen LogP contribution in [0.25, 0.3) is 0 Å². The second-order valence-corrected chi connectivity index (χ2v) is 6.27. The predicted molar refractivity (Wildman–Crippen MR) is 83.5 cm³/mol. The highest BCUT2D eigenvalue weighted by Crippen LogP contribution is 2.26. The first-order valence-corrected chi connectivity index (χ1v) is 8.27. The summed E-state index contributed by atoms with van der Waals surface area (Å²) in [5.74, 6) is -1.16. The molecular formula is C17H22N2O4. The molecule has 1 aliphatic carbocycles. The van der Waals surface area contributed by atoms with E-state index in [0.717, 1.165) is 45.1 Å². The van der Waals surface area contributed by atoms with Crippen LogP contribution in [0.1, 0.15) is 59.4 Å². The van der Waals surface area contributed by atoms with Gasteiger partial charge in [0.25, 0.3) is 5.91 Å². The first kappa shape index (κ1) is 15.9. The van der Waals surface area contributed by atoms with Crippen LogP contribution in [0.4, 0.5) is 0 Å². The lowest BCUT2D eigenvalue weighted by Gasteiger charge is -2.31. The minimum absolute atomic E-state index is 0.0481. The van der Waals surface area contributed by atoms with Crippen molar-refractivity contribution in [3.05, 3.63) is 29.6 Å². The molecule has 0 bridgehead atoms. The summed E-state index contributed by atoms with van der Waals surface area (Å²) < 4.78 is 5.69. The van der Waals surface area contributed by atoms with Gasteiger partial charge in [-0.2, -0.15) is 0 Å². The molecule has 23 heavy (non-hydrogen) atoms. The maximum atomic E-state index is 12.9. The molecule has 0 unspecified atom stereocenters. The van der Waals surface area contributed by atoms with Crippen molar-refractivity contribution in [1.82, 2.24) is 9.88 Å². The van der Waals surface area contributed by atoms with Gasteiger partial charge < -0.3 is 14.7 Å². The molecule has 6 nitrogen and oxygen atoms in total. The van der Waals surface area contributed by atoms with Crippen molar-refractivity contribution in [1.29, 1.82) is 0 Å². The fourth-order valence-corrected chi connectivity index (χ4v) is 3.43. The molecule has 1 saturated carbocycles. The van der Waals surface area contributed by atoms with Crippen molar-refractivity contribution >= 4 is 11.9 Å². The first-order chi connectivity index (χ1) is 11.1. The average molecular weight is 318 g/mol. The van der Waals surface area contributed by atoms with Crippen molar-refractivity contribution < 1.29 is 19.4 Å². The number of carboxylic acids is 1. The topological polar surface area (TPSA) is 79.7 Å². The monoisotopic (exact) mass is 318 g/mol. The number of nitrogens with zero attached hydrogens (tertiary/aromatic N) is 2. The molecule has 1 N–H and O–H groups in total. The molecule has 124 valence electrons. The van der Waals surface area contributed by atoms with E-state index in [1.54, 1.807) is 6.07 Å². The second-order valence-electron chi connectivity index (χ2n) is 6.27. The molecule has 6 heteroatoms. The van der Waals surface area contributed by atoms with E-state index in [9.17, 15) is 9.59 Å². The van der Waals surface area contributed by atoms with Crippen molar-refractivity contribution in [2.24, 2.45) is 0 Å². The summed E-state index contributed by atoms with van der Waals surface area (Å²) in [5.41, 5.74) is 0.396. The van der Waals surface area contributed by atoms with E-state index in [2.05, 4.69) is 4.98 Å². The Morgan fingerprint density at radius 2 is 2.00 bits per heavy atom. The fraction of sp³-hybridized carbons (Fsp3) is 0.588. The van der Waals surface area contributed by atoms with Gasteiger partial charge in [0.15, 0.2) is 0 Å². The number of carboxylic acid groups (broad SMARTS) is 1. The SMILES string of the molecule is O=C(O)c1ccc(C(=O)N(C[C@@H]2CCCO2)C2CCCC2)cn1. The zero-order chi connectivity index (χ0) is 16.2. The molecule has 2 aliphatic rings. The van der Waals surface area contributed by atoms with Crippen LogP contribution in [0.5, 0.6) is 0 Å². The van der Waals surface area contributed by atoms with E-state index in [4.69, 9.17) is 9.84 Å². The number of carbonyl (C=O) groups is 2. The summed E-state index contributed by atoms with van der Waals surface area (Å²) in [7, 11) is 0. The van der Waals surface area contributed by atoms with Gasteiger partial charge in [0.1, 0.15) is 5.69 Å². The molecule has 1 aromatic rings. The van der Waals surface area contributed by atoms with Crippen LogP contribution in [0.3, 0.4) is 0 Å². The molecule has 1 aliphatic heterocycles. The predicted octanol–water partition coefficient (Wildman–Crippen LogP) is 2.34. The van der Waals surface area contributed by atoms with Gasteiger partial charge >= 0.3 is 5.97 Å². The Labute approximate surface area is 135 Å². The Morgan fingerprint density at radius 1 is 1.22 bits per heavy atom. The first-order valence-electron chi connectivity index (χ1n) is 8.27. The van der Waals surface area contributed by atoms with E-state index in [1.807, 2.05) is 4.90 Å². The maximum Gasteiger partial charge on any atom is 0.354 e. The summed E-state index contributed by atoms with van der Waals surface area (Å²) in [6.07, 6.45) is 7.87. The summed E-state index contributed by atoms with van der Waals surface area (Å²) in [6, 6.07) is 3.19. The van der Waals surface area contributed by atoms with E-state index >= 15 is 0 Å². The fourth-order valence-electron chi connectivity index (χ4n) is 3.43. The summed E-state index contributed by atoms with van der Waals surface area (Å²) in [4.78, 5) is 29.5. The van der Waals surface area contributed by atoms with Crippen LogP contribution in [0.2, 0.25) is 0 Å². The molecular weight excluding hydrogens is 296 g/mol. The van der Waals surface area contributed by atoms with Gasteiger partial charge in [0.05, 0.1) is 11.7 Å². The Balaban J connectivity index is 1.76. The van der Waals surface area contributed by atoms with Crippen molar-refractivity contribution in [2.75, 3.05) is 13.2 Å². The number of carbonyl (C=O) groups excluding carboxylic acids is 1. The van der Waals surface area contributed by atoms with Crippen molar-refractivity contribution in [2.45, 2.75) is 50.7 Å². The average Bonchev–Trinajstić information content (AvgIpc) is 3.25. The largest absolute Gasteiger partial charge is 0.477 e. The third kappa shape index (κ3) is 3.69. The van der Waals surface area contributed by atoms with E-state index in [0.29, 0.717) is 12.1 Å². The van der Waals surface area contributed by atoms with E-state index < -0.39 is 5.97 Å². The molecule has 0 aromatic carbocycles. The third-order valence-electron chi connectivity index (χ3n) is 4.68. The van der Waals surface area contributed by atoms with Gasteiger partial charge in [0, 0.05) is 25.4 Å². The lowest BCUT2D eigenvalue weighted by molar-refractivity contribution is 0.0420. The number of rotatable bonds is 5. The maximum absolute atomic E-state index is 12.9. The van der Waals surface area contributed by atoms with Crippen molar-refractivity contribution in [3.63, 3.8) is 0 Å². The zero-order valence-electron chi connectivity index (χ0n) is 13.1. The Morgan fingerprint density at radius 3 is 2.57 bits per heavy atom. The van der Waals surface area contributed by atoms with Gasteiger partial charge in [-0.1, -0.05) is 12.8 Å². The van der Waals surface area contributed by atoms with Crippen LogP contribution >= 0.6 is 0 Å². The molecule has 1 atom stereocenters. The summed E-state index contributed by atoms with van der Waals surface area (Å²) in [6.45, 7) is 1.39. The Hall–Kier alpha value is -1.95. The highest BCUT2D eigenvalue weighted by molar-refractivity contribution is 5.95. The molecule has 0 radical (unpaired) electrons. The van der Waals surface area contributed by atoms with Gasteiger partial charge in [-0.05, 0) is 37.8 Å². The molecule has 2 fully saturated rings. The number of aromatic carboxylic acids is 1. The van der Waals surface area contributed by atoms with E-state index in [1.165, 1.54) is 12.3 Å². The van der Waals surface area contributed by atoms with Crippen LogP contribution in [0, 0.1) is 0 Å². The minimum atomic E-state index is -1.09. The number of hydrogen-bond acceptors (Lipinski definition) is 4. The van der Waals surface area contributed by atoms with Crippen LogP contribution in [-0.2, 0) is 4.74 Å². The molecule has 3 rings (SSSR count). The number of aromatic nitrogens is 1. The molecule has 2 heterocycles. The van der Waals surface area contributed by atoms with Gasteiger partial charge in [-0.15, -0.1) is 0 Å². The zero-order valence-corrected chi connectivity index (χ0v) is 13.1. The molecule has 0 spiro atoms. The van der Waals surface area contributed by atoms with Crippen LogP contribution < -0.4 is 0 Å². The number of pyridine rings is 1. The smallest absolute Gasteiger partial charge is 0.354 e. The molecule has 1 saturated heterocycles. The molecule has 1 amide bonds. The van der Waals surface area contributed by atoms with E-state index in [-0.39, 0.29) is 23.7 Å². The third-order valence-corrected chi connectivity index (χ3v) is 4.68. The standard InChI is InChI=1S/C17H22N2O4/c20-16(12-7-8-15(17(21)22)18-10-12)19(13-4-1-2-5-13)11-14-6-3-9-23-14/h7-8,10,13-14H,1-6,9,11H2,(H,21,22)/t14-/m0/s1. The second kappa shape index (κ2) is 7.08. The lowest BCUT2D eigenvalue weighted by atomic mass is 10.1. The van der Waals surface area contributed by atoms with Gasteiger partial charge in [0.2, 0.25) is 0 Å². The highest BCUT2D eigenvalue weighted by Gasteiger charge is 2.31. The van der Waals surface area contributed by atoms with Gasteiger partial charge in [-0.25, -0.2) is 9.78 Å². The number of hydrogen-bond donors (Lipinski definition) is 1. The van der Waals surface area contributed by atoms with Crippen molar-refractivity contribution in [3.8, 4) is 0 Å². The minimum Gasteiger partial charge on any atom is -0.477 e. The summed E-state index contributed by atoms with van der Waals surface area (Å²) >= 11 is 0. The normalized spacial score (nSPS) is 21.5. The van der Waals surface area contributed by atoms with Crippen LogP contribution in [-0.4, -0.2) is 52.2 Å². The number of ether oxygens (including phenoxy) is 1. The Bertz CT molecular complexity index is 560. The Kier molecular flexibility index (Phi) is 4.91. The summed E-state index contributed by atoms with van der Waals surface area (Å²) in [5, 5.41) is 8.91. The highest BCUT2D eigenvalue weighted by atomic mass is 16.5. The lowest BCUT2D eigenvalue weighted by Crippen LogP contribution is -2.43. The van der Waals surface area contributed by atoms with Gasteiger partial charge in [-0.3, -0.25) is 4.79 Å². The molecule has 1 aromatic heterocycles. The van der Waals surface area contributed by atoms with Crippen LogP contribution in [0.15, 0.2) is 18.3 Å². The quantitative estimate of drug-likeness (QED) is 0.901.